The molecule has 0 atom stereocenters. The van der Waals surface area contributed by atoms with Gasteiger partial charge in [0.15, 0.2) is 5.43 Å². The second-order valence-electron chi connectivity index (χ2n) is 5.73. The highest BCUT2D eigenvalue weighted by Gasteiger charge is 2.16. The minimum absolute atomic E-state index is 0.0780. The van der Waals surface area contributed by atoms with E-state index in [-0.39, 0.29) is 16.9 Å². The molecule has 0 aliphatic rings. The molecule has 24 heavy (non-hydrogen) atoms. The first-order valence-corrected chi connectivity index (χ1v) is 7.35. The molecule has 5 aromatic rings. The van der Waals surface area contributed by atoms with E-state index in [0.29, 0.717) is 27.7 Å². The van der Waals surface area contributed by atoms with E-state index in [9.17, 15) is 15.0 Å². The predicted molar refractivity (Wildman–Crippen MR) is 90.6 cm³/mol. The van der Waals surface area contributed by atoms with Gasteiger partial charge in [-0.1, -0.05) is 0 Å². The standard InChI is InChI=1S/C19H10O5/c20-9-1-3-12-14(5-9)23-16-7-11(22)8-17-19(16)18(12)13-4-2-10(21)6-15(13)24-17/h1-8,20-21H. The lowest BCUT2D eigenvalue weighted by atomic mass is 10.0. The van der Waals surface area contributed by atoms with E-state index in [1.807, 2.05) is 0 Å². The molecule has 0 unspecified atom stereocenters. The maximum absolute atomic E-state index is 11.9. The summed E-state index contributed by atoms with van der Waals surface area (Å²) >= 11 is 0. The fourth-order valence-electron chi connectivity index (χ4n) is 3.23. The van der Waals surface area contributed by atoms with Crippen molar-refractivity contribution in [2.75, 3.05) is 0 Å². The van der Waals surface area contributed by atoms with Crippen LogP contribution in [0.5, 0.6) is 11.5 Å². The molecule has 0 saturated carbocycles. The van der Waals surface area contributed by atoms with Gasteiger partial charge in [-0.2, -0.15) is 0 Å². The Bertz CT molecular complexity index is 1240. The molecule has 0 bridgehead atoms. The molecule has 0 fully saturated rings. The molecule has 5 nitrogen and oxygen atoms in total. The molecule has 5 heteroatoms. The van der Waals surface area contributed by atoms with Crippen LogP contribution in [-0.4, -0.2) is 10.2 Å². The Hall–Kier alpha value is -3.47. The third-order valence-electron chi connectivity index (χ3n) is 4.20. The highest BCUT2D eigenvalue weighted by Crippen LogP contribution is 2.39. The number of phenols is 2. The fraction of sp³-hybridized carbons (Fsp3) is 0. The van der Waals surface area contributed by atoms with Crippen LogP contribution in [0.25, 0.3) is 43.9 Å². The third-order valence-corrected chi connectivity index (χ3v) is 4.20. The molecule has 116 valence electrons. The molecule has 3 aromatic carbocycles. The van der Waals surface area contributed by atoms with E-state index >= 15 is 0 Å². The van der Waals surface area contributed by atoms with E-state index < -0.39 is 0 Å². The number of phenolic OH excluding ortho intramolecular Hbond substituents is 2. The summed E-state index contributed by atoms with van der Waals surface area (Å²) < 4.78 is 11.6. The second kappa shape index (κ2) is 4.29. The smallest absolute Gasteiger partial charge is 0.186 e. The van der Waals surface area contributed by atoms with Crippen molar-refractivity contribution in [1.82, 2.24) is 0 Å². The fourth-order valence-corrected chi connectivity index (χ4v) is 3.23. The van der Waals surface area contributed by atoms with Crippen LogP contribution < -0.4 is 5.43 Å². The molecule has 0 saturated heterocycles. The number of benzene rings is 3. The summed E-state index contributed by atoms with van der Waals surface area (Å²) in [4.78, 5) is 11.9. The van der Waals surface area contributed by atoms with Gasteiger partial charge in [-0.15, -0.1) is 0 Å². The Balaban J connectivity index is 2.21. The van der Waals surface area contributed by atoms with E-state index in [1.165, 1.54) is 24.3 Å². The number of aromatic hydroxyl groups is 2. The summed E-state index contributed by atoms with van der Waals surface area (Å²) in [6, 6.07) is 12.5. The molecule has 2 heterocycles. The normalized spacial score (nSPS) is 11.8. The molecule has 5 rings (SSSR count). The van der Waals surface area contributed by atoms with Crippen LogP contribution in [-0.2, 0) is 0 Å². The SMILES string of the molecule is O=c1cc2oc3cc(O)ccc3c3c4ccc(O)cc4oc(c1)c23. The maximum atomic E-state index is 11.9. The van der Waals surface area contributed by atoms with E-state index in [1.54, 1.807) is 24.3 Å². The first-order valence-electron chi connectivity index (χ1n) is 7.35. The van der Waals surface area contributed by atoms with Crippen LogP contribution in [0.3, 0.4) is 0 Å². The van der Waals surface area contributed by atoms with Gasteiger partial charge < -0.3 is 19.0 Å². The summed E-state index contributed by atoms with van der Waals surface area (Å²) in [5, 5.41) is 22.6. The summed E-state index contributed by atoms with van der Waals surface area (Å²) in [5.41, 5.74) is 1.48. The average molecular weight is 318 g/mol. The Kier molecular flexibility index (Phi) is 2.33. The van der Waals surface area contributed by atoms with Crippen molar-refractivity contribution in [3.63, 3.8) is 0 Å². The molecule has 0 aliphatic heterocycles. The maximum Gasteiger partial charge on any atom is 0.186 e. The quantitative estimate of drug-likeness (QED) is 0.329. The Labute approximate surface area is 134 Å². The number of rotatable bonds is 0. The van der Waals surface area contributed by atoms with Gasteiger partial charge in [0.25, 0.3) is 0 Å². The largest absolute Gasteiger partial charge is 0.508 e. The van der Waals surface area contributed by atoms with Crippen molar-refractivity contribution in [3.05, 3.63) is 58.8 Å². The van der Waals surface area contributed by atoms with Crippen molar-refractivity contribution in [1.29, 1.82) is 0 Å². The Morgan fingerprint density at radius 1 is 0.625 bits per heavy atom. The highest BCUT2D eigenvalue weighted by atomic mass is 16.3. The van der Waals surface area contributed by atoms with Gasteiger partial charge in [0.05, 0.1) is 5.39 Å². The lowest BCUT2D eigenvalue weighted by Crippen LogP contribution is -1.97. The van der Waals surface area contributed by atoms with Crippen molar-refractivity contribution in [3.8, 4) is 11.5 Å². The predicted octanol–water partition coefficient (Wildman–Crippen LogP) is 4.26. The van der Waals surface area contributed by atoms with Gasteiger partial charge >= 0.3 is 0 Å². The van der Waals surface area contributed by atoms with Crippen LogP contribution in [0.4, 0.5) is 0 Å². The summed E-state index contributed by atoms with van der Waals surface area (Å²) in [5.74, 6) is 0.156. The summed E-state index contributed by atoms with van der Waals surface area (Å²) in [6.45, 7) is 0. The van der Waals surface area contributed by atoms with Gasteiger partial charge in [-0.05, 0) is 24.3 Å². The van der Waals surface area contributed by atoms with Gasteiger partial charge in [0.1, 0.15) is 33.8 Å². The van der Waals surface area contributed by atoms with Gasteiger partial charge in [-0.25, -0.2) is 0 Å². The molecular formula is C19H10O5. The summed E-state index contributed by atoms with van der Waals surface area (Å²) in [6.07, 6.45) is 0. The zero-order valence-corrected chi connectivity index (χ0v) is 12.2. The number of hydrogen-bond acceptors (Lipinski definition) is 5. The Morgan fingerprint density at radius 2 is 1.12 bits per heavy atom. The minimum atomic E-state index is -0.240. The monoisotopic (exact) mass is 318 g/mol. The number of hydrogen-bond donors (Lipinski definition) is 2. The molecule has 0 radical (unpaired) electrons. The first-order chi connectivity index (χ1) is 11.6. The van der Waals surface area contributed by atoms with Crippen LogP contribution in [0.2, 0.25) is 0 Å². The third kappa shape index (κ3) is 1.66. The van der Waals surface area contributed by atoms with Crippen LogP contribution in [0.1, 0.15) is 0 Å². The van der Waals surface area contributed by atoms with E-state index in [4.69, 9.17) is 8.83 Å². The van der Waals surface area contributed by atoms with Gasteiger partial charge in [0.2, 0.25) is 0 Å². The zero-order valence-electron chi connectivity index (χ0n) is 12.2. The molecule has 0 spiro atoms. The van der Waals surface area contributed by atoms with Crippen molar-refractivity contribution in [2.24, 2.45) is 0 Å². The second-order valence-corrected chi connectivity index (χ2v) is 5.73. The summed E-state index contributed by atoms with van der Waals surface area (Å²) in [7, 11) is 0. The van der Waals surface area contributed by atoms with E-state index in [2.05, 4.69) is 0 Å². The van der Waals surface area contributed by atoms with Gasteiger partial charge in [0, 0.05) is 40.4 Å². The van der Waals surface area contributed by atoms with Gasteiger partial charge in [-0.3, -0.25) is 4.79 Å². The Morgan fingerprint density at radius 3 is 1.62 bits per heavy atom. The van der Waals surface area contributed by atoms with Crippen molar-refractivity contribution in [2.45, 2.75) is 0 Å². The minimum Gasteiger partial charge on any atom is -0.508 e. The van der Waals surface area contributed by atoms with Crippen molar-refractivity contribution >= 4 is 43.9 Å². The average Bonchev–Trinajstić information content (AvgIpc) is 2.53. The molecule has 2 aromatic heterocycles. The van der Waals surface area contributed by atoms with Crippen molar-refractivity contribution < 1.29 is 19.0 Å². The molecule has 2 N–H and O–H groups in total. The topological polar surface area (TPSA) is 83.8 Å². The molecule has 0 amide bonds. The molecule has 0 aliphatic carbocycles. The van der Waals surface area contributed by atoms with Crippen LogP contribution in [0, 0.1) is 0 Å². The highest BCUT2D eigenvalue weighted by molar-refractivity contribution is 6.25. The van der Waals surface area contributed by atoms with E-state index in [0.717, 1.165) is 16.2 Å². The first kappa shape index (κ1) is 13.0. The number of fused-ring (bicyclic) bond motifs is 4. The van der Waals surface area contributed by atoms with Crippen LogP contribution >= 0.6 is 0 Å². The molecular weight excluding hydrogens is 308 g/mol. The lowest BCUT2D eigenvalue weighted by molar-refractivity contribution is 0.474. The zero-order chi connectivity index (χ0) is 16.4. The lowest BCUT2D eigenvalue weighted by Gasteiger charge is -2.11. The van der Waals surface area contributed by atoms with Crippen LogP contribution in [0.15, 0.2) is 62.2 Å².